The van der Waals surface area contributed by atoms with E-state index < -0.39 is 5.97 Å². The Labute approximate surface area is 216 Å². The van der Waals surface area contributed by atoms with Crippen LogP contribution in [0.3, 0.4) is 0 Å². The highest BCUT2D eigenvalue weighted by molar-refractivity contribution is 7.80. The first-order valence-electron chi connectivity index (χ1n) is 11.6. The number of hydrogen-bond donors (Lipinski definition) is 1. The maximum Gasteiger partial charge on any atom is 0.313 e. The van der Waals surface area contributed by atoms with E-state index >= 15 is 0 Å². The Kier molecular flexibility index (Phi) is 10.3. The fourth-order valence-electron chi connectivity index (χ4n) is 3.73. The van der Waals surface area contributed by atoms with E-state index in [1.807, 2.05) is 18.2 Å². The molecule has 36 heavy (non-hydrogen) atoms. The van der Waals surface area contributed by atoms with Crippen LogP contribution in [0, 0.1) is 0 Å². The summed E-state index contributed by atoms with van der Waals surface area (Å²) in [6.07, 6.45) is 0.288. The number of esters is 1. The van der Waals surface area contributed by atoms with Gasteiger partial charge in [-0.15, -0.1) is 0 Å². The average Bonchev–Trinajstić information content (AvgIpc) is 2.92. The summed E-state index contributed by atoms with van der Waals surface area (Å²) in [5.41, 5.74) is 1.47. The van der Waals surface area contributed by atoms with Gasteiger partial charge in [-0.2, -0.15) is 0 Å². The number of thiocarbonyl (C=S) groups is 1. The van der Waals surface area contributed by atoms with Gasteiger partial charge in [-0.1, -0.05) is 0 Å². The van der Waals surface area contributed by atoms with Gasteiger partial charge in [-0.3, -0.25) is 9.59 Å². The summed E-state index contributed by atoms with van der Waals surface area (Å²) in [6, 6.07) is 12.4. The van der Waals surface area contributed by atoms with E-state index in [0.717, 1.165) is 23.5 Å². The van der Waals surface area contributed by atoms with Crippen LogP contribution in [0.2, 0.25) is 0 Å². The number of ketones is 1. The minimum absolute atomic E-state index is 0.155. The molecule has 3 rings (SSSR count). The minimum Gasteiger partial charge on any atom is -0.497 e. The van der Waals surface area contributed by atoms with Crippen molar-refractivity contribution in [3.8, 4) is 17.2 Å². The smallest absolute Gasteiger partial charge is 0.313 e. The standard InChI is InChI=1S/C26H32N2O7S/c1-31-21-8-9-24(32-2)19(14-21)10-11-27-26(36)28-12-13-34-22(16-28)17-35-20-6-4-18(5-7-20)23(29)15-25(30)33-3/h4-9,14,22H,10-13,15-17H2,1-3H3,(H,27,36). The molecule has 0 aliphatic carbocycles. The van der Waals surface area contributed by atoms with Crippen molar-refractivity contribution in [3.05, 3.63) is 53.6 Å². The second-order valence-corrected chi connectivity index (χ2v) is 8.50. The number of ether oxygens (including phenoxy) is 5. The predicted molar refractivity (Wildman–Crippen MR) is 138 cm³/mol. The van der Waals surface area contributed by atoms with Crippen LogP contribution in [0.4, 0.5) is 0 Å². The lowest BCUT2D eigenvalue weighted by Gasteiger charge is -2.34. The Morgan fingerprint density at radius 1 is 1.08 bits per heavy atom. The van der Waals surface area contributed by atoms with Gasteiger partial charge in [0.15, 0.2) is 10.9 Å². The number of carbonyl (C=O) groups is 2. The van der Waals surface area contributed by atoms with Gasteiger partial charge in [-0.25, -0.2) is 0 Å². The van der Waals surface area contributed by atoms with Gasteiger partial charge in [0.1, 0.15) is 36.4 Å². The molecule has 1 aliphatic heterocycles. The third-order valence-corrected chi connectivity index (χ3v) is 6.13. The molecule has 0 bridgehead atoms. The molecule has 9 nitrogen and oxygen atoms in total. The number of nitrogens with one attached hydrogen (secondary N) is 1. The van der Waals surface area contributed by atoms with Crippen LogP contribution in [-0.4, -0.2) is 82.0 Å². The topological polar surface area (TPSA) is 95.6 Å². The monoisotopic (exact) mass is 516 g/mol. The van der Waals surface area contributed by atoms with Gasteiger partial charge in [0.2, 0.25) is 0 Å². The molecule has 0 spiro atoms. The van der Waals surface area contributed by atoms with Gasteiger partial charge in [0.25, 0.3) is 0 Å². The fraction of sp³-hybridized carbons (Fsp3) is 0.423. The lowest BCUT2D eigenvalue weighted by molar-refractivity contribution is -0.139. The van der Waals surface area contributed by atoms with Crippen molar-refractivity contribution in [3.63, 3.8) is 0 Å². The molecule has 2 aromatic rings. The number of morpholine rings is 1. The van der Waals surface area contributed by atoms with Crippen molar-refractivity contribution < 1.29 is 33.3 Å². The molecule has 0 saturated carbocycles. The summed E-state index contributed by atoms with van der Waals surface area (Å²) in [7, 11) is 4.54. The number of methoxy groups -OCH3 is 3. The molecule has 1 fully saturated rings. The molecular weight excluding hydrogens is 484 g/mol. The van der Waals surface area contributed by atoms with Crippen LogP contribution in [0.25, 0.3) is 0 Å². The van der Waals surface area contributed by atoms with E-state index in [-0.39, 0.29) is 18.3 Å². The summed E-state index contributed by atoms with van der Waals surface area (Å²) in [5, 5.41) is 3.98. The summed E-state index contributed by atoms with van der Waals surface area (Å²) >= 11 is 5.60. The van der Waals surface area contributed by atoms with E-state index in [1.54, 1.807) is 38.5 Å². The lowest BCUT2D eigenvalue weighted by atomic mass is 10.1. The molecule has 0 aromatic heterocycles. The molecule has 194 valence electrons. The van der Waals surface area contributed by atoms with Gasteiger partial charge in [0.05, 0.1) is 27.9 Å². The minimum atomic E-state index is -0.563. The number of benzene rings is 2. The quantitative estimate of drug-likeness (QED) is 0.208. The van der Waals surface area contributed by atoms with Crippen LogP contribution in [-0.2, 0) is 20.7 Å². The molecule has 0 radical (unpaired) electrons. The van der Waals surface area contributed by atoms with Gasteiger partial charge in [0, 0.05) is 25.2 Å². The SMILES string of the molecule is COC(=O)CC(=O)c1ccc(OCC2CN(C(=S)NCCc3cc(OC)ccc3OC)CCO2)cc1. The first kappa shape index (κ1) is 27.2. The zero-order valence-corrected chi connectivity index (χ0v) is 21.6. The van der Waals surface area contributed by atoms with E-state index in [0.29, 0.717) is 49.3 Å². The Hall–Kier alpha value is -3.37. The lowest BCUT2D eigenvalue weighted by Crippen LogP contribution is -2.51. The van der Waals surface area contributed by atoms with E-state index in [4.69, 9.17) is 31.2 Å². The van der Waals surface area contributed by atoms with Crippen LogP contribution in [0.15, 0.2) is 42.5 Å². The second kappa shape index (κ2) is 13.6. The molecule has 2 aromatic carbocycles. The Balaban J connectivity index is 1.44. The van der Waals surface area contributed by atoms with Crippen LogP contribution < -0.4 is 19.5 Å². The second-order valence-electron chi connectivity index (χ2n) is 8.11. The Morgan fingerprint density at radius 2 is 1.83 bits per heavy atom. The number of Topliss-reactive ketones (excluding diaryl/α,β-unsaturated/α-hetero) is 1. The number of nitrogens with zero attached hydrogens (tertiary/aromatic N) is 1. The van der Waals surface area contributed by atoms with Crippen molar-refractivity contribution in [2.45, 2.75) is 18.9 Å². The van der Waals surface area contributed by atoms with Gasteiger partial charge >= 0.3 is 5.97 Å². The predicted octanol–water partition coefficient (Wildman–Crippen LogP) is 2.65. The zero-order chi connectivity index (χ0) is 25.9. The summed E-state index contributed by atoms with van der Waals surface area (Å²) in [6.45, 7) is 2.84. The molecule has 10 heteroatoms. The third-order valence-electron chi connectivity index (χ3n) is 5.73. The maximum atomic E-state index is 12.0. The molecule has 1 heterocycles. The normalized spacial score (nSPS) is 15.1. The van der Waals surface area contributed by atoms with Crippen molar-refractivity contribution in [2.75, 3.05) is 54.2 Å². The molecule has 0 amide bonds. The highest BCUT2D eigenvalue weighted by atomic mass is 32.1. The highest BCUT2D eigenvalue weighted by Gasteiger charge is 2.23. The molecule has 1 atom stereocenters. The summed E-state index contributed by atoms with van der Waals surface area (Å²) in [5.74, 6) is 1.34. The Morgan fingerprint density at radius 3 is 2.53 bits per heavy atom. The van der Waals surface area contributed by atoms with E-state index in [1.165, 1.54) is 7.11 Å². The fourth-order valence-corrected chi connectivity index (χ4v) is 4.00. The summed E-state index contributed by atoms with van der Waals surface area (Å²) in [4.78, 5) is 25.4. The molecule has 1 N–H and O–H groups in total. The highest BCUT2D eigenvalue weighted by Crippen LogP contribution is 2.24. The van der Waals surface area contributed by atoms with Crippen LogP contribution in [0.1, 0.15) is 22.3 Å². The van der Waals surface area contributed by atoms with E-state index in [2.05, 4.69) is 15.0 Å². The van der Waals surface area contributed by atoms with Crippen LogP contribution >= 0.6 is 12.2 Å². The first-order chi connectivity index (χ1) is 17.4. The molecule has 1 aliphatic rings. The van der Waals surface area contributed by atoms with Gasteiger partial charge in [-0.05, 0) is 66.7 Å². The van der Waals surface area contributed by atoms with E-state index in [9.17, 15) is 9.59 Å². The molecule has 1 unspecified atom stereocenters. The van der Waals surface area contributed by atoms with Crippen molar-refractivity contribution in [1.29, 1.82) is 0 Å². The molecular formula is C26H32N2O7S. The Bertz CT molecular complexity index is 1050. The number of carbonyl (C=O) groups excluding carboxylic acids is 2. The zero-order valence-electron chi connectivity index (χ0n) is 20.8. The summed E-state index contributed by atoms with van der Waals surface area (Å²) < 4.78 is 27.0. The first-order valence-corrected chi connectivity index (χ1v) is 12.0. The van der Waals surface area contributed by atoms with Crippen molar-refractivity contribution in [2.24, 2.45) is 0 Å². The maximum absolute atomic E-state index is 12.0. The van der Waals surface area contributed by atoms with Crippen molar-refractivity contribution in [1.82, 2.24) is 10.2 Å². The third kappa shape index (κ3) is 7.82. The number of rotatable bonds is 11. The molecule has 1 saturated heterocycles. The number of hydrogen-bond acceptors (Lipinski definition) is 8. The largest absolute Gasteiger partial charge is 0.497 e. The van der Waals surface area contributed by atoms with Gasteiger partial charge < -0.3 is 33.9 Å². The van der Waals surface area contributed by atoms with Crippen LogP contribution in [0.5, 0.6) is 17.2 Å². The van der Waals surface area contributed by atoms with Crippen molar-refractivity contribution >= 4 is 29.1 Å². The average molecular weight is 517 g/mol.